The van der Waals surface area contributed by atoms with E-state index in [-0.39, 0.29) is 29.9 Å². The topological polar surface area (TPSA) is 33.1 Å². The molecule has 7 heteroatoms. The van der Waals surface area contributed by atoms with Crippen LogP contribution < -0.4 is 0 Å². The van der Waals surface area contributed by atoms with Crippen molar-refractivity contribution in [1.29, 1.82) is 0 Å². The Balaban J connectivity index is 0.00000289. The molecule has 0 atom stereocenters. The fraction of sp³-hybridized carbons (Fsp3) is 0.909. The van der Waals surface area contributed by atoms with Crippen molar-refractivity contribution >= 4 is 35.5 Å². The summed E-state index contributed by atoms with van der Waals surface area (Å²) in [6, 6.07) is 0. The molecule has 1 rings (SSSR count). The SMILES string of the molecule is CC(C)(C)N1[PH+](C#[N+][N-])N(C(C)(C)C)[Si]1(C)C.[Li]. The molecular weight excluding hydrogens is 254 g/mol. The zero-order valence-corrected chi connectivity index (χ0v) is 15.3. The van der Waals surface area contributed by atoms with Gasteiger partial charge in [-0.05, 0) is 54.6 Å². The van der Waals surface area contributed by atoms with E-state index < -0.39 is 16.6 Å². The van der Waals surface area contributed by atoms with E-state index in [4.69, 9.17) is 5.84 Å². The number of hydrogen-bond donors (Lipinski definition) is 0. The Bertz CT molecular complexity index is 340. The maximum atomic E-state index is 8.84. The van der Waals surface area contributed by atoms with E-state index in [2.05, 4.69) is 74.1 Å². The predicted octanol–water partition coefficient (Wildman–Crippen LogP) is 3.61. The van der Waals surface area contributed by atoms with Crippen LogP contribution in [0.1, 0.15) is 41.5 Å². The minimum absolute atomic E-state index is 0. The summed E-state index contributed by atoms with van der Waals surface area (Å²) in [7, 11) is -2.74. The van der Waals surface area contributed by atoms with Crippen molar-refractivity contribution < 1.29 is 0 Å². The van der Waals surface area contributed by atoms with Gasteiger partial charge >= 0.3 is 5.81 Å². The first-order valence-electron chi connectivity index (χ1n) is 6.02. The van der Waals surface area contributed by atoms with Gasteiger partial charge in [0.05, 0.1) is 0 Å². The van der Waals surface area contributed by atoms with Crippen molar-refractivity contribution in [3.8, 4) is 5.81 Å². The van der Waals surface area contributed by atoms with Gasteiger partial charge in [0.2, 0.25) is 0 Å². The van der Waals surface area contributed by atoms with Gasteiger partial charge in [0.1, 0.15) is 0 Å². The molecule has 0 N–H and O–H groups in total. The summed E-state index contributed by atoms with van der Waals surface area (Å²) in [5.74, 6) is 11.8. The molecule has 0 aromatic carbocycles. The Morgan fingerprint density at radius 2 is 1.33 bits per heavy atom. The van der Waals surface area contributed by atoms with Crippen LogP contribution in [0.2, 0.25) is 13.1 Å². The molecule has 0 aliphatic carbocycles. The standard InChI is InChI=1S/C11H24N4PSi.Li/c1-10(2,3)14-16(9-13-12)15(11(4,5)6)17(14,7)8;/h1-8H3;/p+1. The maximum absolute atomic E-state index is 8.84. The van der Waals surface area contributed by atoms with Crippen LogP contribution >= 0.6 is 8.22 Å². The van der Waals surface area contributed by atoms with E-state index in [9.17, 15) is 0 Å². The van der Waals surface area contributed by atoms with Crippen molar-refractivity contribution in [2.24, 2.45) is 0 Å². The number of nitrogens with zero attached hydrogens (tertiary/aromatic N) is 4. The van der Waals surface area contributed by atoms with E-state index in [0.29, 0.717) is 0 Å². The first kappa shape index (κ1) is 18.5. The van der Waals surface area contributed by atoms with Crippen molar-refractivity contribution in [2.45, 2.75) is 65.7 Å². The van der Waals surface area contributed by atoms with Crippen molar-refractivity contribution in [2.75, 3.05) is 0 Å². The third-order valence-electron chi connectivity index (χ3n) is 3.01. The first-order chi connectivity index (χ1) is 7.44. The van der Waals surface area contributed by atoms with Gasteiger partial charge in [-0.15, -0.1) is 0 Å². The summed E-state index contributed by atoms with van der Waals surface area (Å²) >= 11 is 0. The Kier molecular flexibility index (Phi) is 5.58. The Hall–Kier alpha value is 0.454. The van der Waals surface area contributed by atoms with Crippen LogP contribution in [0.5, 0.6) is 0 Å². The van der Waals surface area contributed by atoms with E-state index in [1.807, 2.05) is 0 Å². The van der Waals surface area contributed by atoms with Gasteiger partial charge in [-0.1, -0.05) is 4.95 Å². The Morgan fingerprint density at radius 1 is 1.00 bits per heavy atom. The molecule has 18 heavy (non-hydrogen) atoms. The molecule has 4 nitrogen and oxygen atoms in total. The monoisotopic (exact) mass is 279 g/mol. The van der Waals surface area contributed by atoms with Gasteiger partial charge < -0.3 is 5.84 Å². The van der Waals surface area contributed by atoms with Crippen LogP contribution in [0.15, 0.2) is 0 Å². The van der Waals surface area contributed by atoms with Gasteiger partial charge in [0.25, 0.3) is 16.6 Å². The third kappa shape index (κ3) is 3.13. The largest absolute Gasteiger partial charge is 0.474 e. The fourth-order valence-corrected chi connectivity index (χ4v) is 13.3. The molecule has 0 aromatic heterocycles. The van der Waals surface area contributed by atoms with E-state index in [1.54, 1.807) is 0 Å². The summed E-state index contributed by atoms with van der Waals surface area (Å²) in [5.41, 5.74) is 0.229. The molecule has 1 fully saturated rings. The average Bonchev–Trinajstić information content (AvgIpc) is 1.95. The predicted molar refractivity (Wildman–Crippen MR) is 85.3 cm³/mol. The molecule has 0 spiro atoms. The van der Waals surface area contributed by atoms with E-state index in [0.717, 1.165) is 0 Å². The zero-order chi connectivity index (χ0) is 13.6. The van der Waals surface area contributed by atoms with Gasteiger partial charge in [-0.3, -0.25) is 0 Å². The quantitative estimate of drug-likeness (QED) is 0.385. The van der Waals surface area contributed by atoms with Crippen molar-refractivity contribution in [1.82, 2.24) is 8.67 Å². The molecule has 1 aliphatic rings. The number of rotatable bonds is 0. The molecular formula is C11H25LiN4PSi+. The molecule has 0 amide bonds. The van der Waals surface area contributed by atoms with Crippen LogP contribution in [-0.4, -0.2) is 47.0 Å². The summed E-state index contributed by atoms with van der Waals surface area (Å²) in [4.78, 5) is 3.18. The van der Waals surface area contributed by atoms with Gasteiger partial charge in [-0.25, -0.2) is 0 Å². The minimum atomic E-state index is -1.60. The van der Waals surface area contributed by atoms with Crippen LogP contribution in [0.25, 0.3) is 10.8 Å². The normalized spacial score (nSPS) is 21.6. The molecule has 1 aliphatic heterocycles. The third-order valence-corrected chi connectivity index (χ3v) is 13.6. The first-order valence-corrected chi connectivity index (χ1v) is 10.3. The van der Waals surface area contributed by atoms with Crippen LogP contribution in [-0.2, 0) is 0 Å². The van der Waals surface area contributed by atoms with Crippen LogP contribution in [0.4, 0.5) is 0 Å². The van der Waals surface area contributed by atoms with Crippen molar-refractivity contribution in [3.63, 3.8) is 0 Å². The molecule has 98 valence electrons. The summed E-state index contributed by atoms with van der Waals surface area (Å²) in [5, 5.41) is 0. The second-order valence-corrected chi connectivity index (χ2v) is 13.6. The molecule has 0 aromatic rings. The Morgan fingerprint density at radius 3 is 1.56 bits per heavy atom. The molecule has 0 unspecified atom stereocenters. The summed E-state index contributed by atoms with van der Waals surface area (Å²) < 4.78 is 5.10. The van der Waals surface area contributed by atoms with Gasteiger partial charge in [0.15, 0.2) is 0 Å². The summed E-state index contributed by atoms with van der Waals surface area (Å²) in [6.07, 6.45) is 0. The molecule has 0 saturated carbocycles. The van der Waals surface area contributed by atoms with Crippen molar-refractivity contribution in [3.05, 3.63) is 10.8 Å². The minimum Gasteiger partial charge on any atom is -0.345 e. The fourth-order valence-electron chi connectivity index (χ4n) is 3.10. The summed E-state index contributed by atoms with van der Waals surface area (Å²) in [6.45, 7) is 18.1. The average molecular weight is 279 g/mol. The Labute approximate surface area is 126 Å². The number of hydrogen-bond acceptors (Lipinski definition) is 2. The smallest absolute Gasteiger partial charge is 0.345 e. The molecule has 2 radical (unpaired) electrons. The van der Waals surface area contributed by atoms with Gasteiger partial charge in [0, 0.05) is 29.9 Å². The van der Waals surface area contributed by atoms with Crippen LogP contribution in [0, 0.1) is 5.81 Å². The second-order valence-electron chi connectivity index (χ2n) is 7.04. The second kappa shape index (κ2) is 5.45. The molecule has 1 saturated heterocycles. The molecule has 1 heterocycles. The van der Waals surface area contributed by atoms with Crippen LogP contribution in [0.3, 0.4) is 0 Å². The zero-order valence-electron chi connectivity index (χ0n) is 13.3. The van der Waals surface area contributed by atoms with Gasteiger partial charge in [-0.2, -0.15) is 8.67 Å². The molecule has 0 bridgehead atoms. The maximum Gasteiger partial charge on any atom is 0.474 e. The van der Waals surface area contributed by atoms with E-state index in [1.165, 1.54) is 0 Å². The van der Waals surface area contributed by atoms with E-state index >= 15 is 0 Å².